The number of methoxy groups -OCH3 is 1. The van der Waals surface area contributed by atoms with Crippen molar-refractivity contribution in [3.8, 4) is 5.75 Å². The van der Waals surface area contributed by atoms with Gasteiger partial charge in [0.2, 0.25) is 0 Å². The lowest BCUT2D eigenvalue weighted by Crippen LogP contribution is -2.31. The van der Waals surface area contributed by atoms with Gasteiger partial charge >= 0.3 is 0 Å². The van der Waals surface area contributed by atoms with Gasteiger partial charge in [0.05, 0.1) is 24.5 Å². The first-order valence-electron chi connectivity index (χ1n) is 7.14. The van der Waals surface area contributed by atoms with Gasteiger partial charge in [-0.1, -0.05) is 11.6 Å². The molecule has 0 aliphatic rings. The molecule has 0 spiro atoms. The highest BCUT2D eigenvalue weighted by Gasteiger charge is 2.12. The fourth-order valence-corrected chi connectivity index (χ4v) is 3.23. The molecule has 1 N–H and O–H groups in total. The van der Waals surface area contributed by atoms with E-state index in [1.54, 1.807) is 24.3 Å². The molecule has 124 valence electrons. The van der Waals surface area contributed by atoms with Crippen LogP contribution in [-0.4, -0.2) is 29.1 Å². The second-order valence-electron chi connectivity index (χ2n) is 4.98. The molecule has 24 heavy (non-hydrogen) atoms. The molecule has 0 aliphatic heterocycles. The summed E-state index contributed by atoms with van der Waals surface area (Å²) in [5.74, 6) is 0.112. The van der Waals surface area contributed by atoms with Crippen molar-refractivity contribution >= 4 is 39.1 Å². The molecule has 0 atom stereocenters. The zero-order chi connectivity index (χ0) is 17.1. The molecule has 8 heteroatoms. The molecule has 6 nitrogen and oxygen atoms in total. The summed E-state index contributed by atoms with van der Waals surface area (Å²) in [5, 5.41) is 5.09. The standard InChI is InChI=1S/C16H14ClN3O3S/c1-23-13-8-10(17)2-3-11(13)15(21)18-5-6-20-9-19-12-4-7-24-14(12)16(20)22/h2-4,7-9H,5-6H2,1H3,(H,18,21). The molecule has 3 rings (SSSR count). The van der Waals surface area contributed by atoms with Crippen molar-refractivity contribution in [1.82, 2.24) is 14.9 Å². The van der Waals surface area contributed by atoms with Gasteiger partial charge in [-0.15, -0.1) is 11.3 Å². The van der Waals surface area contributed by atoms with Crippen LogP contribution in [0.25, 0.3) is 10.2 Å². The van der Waals surface area contributed by atoms with Crippen molar-refractivity contribution in [1.29, 1.82) is 0 Å². The number of rotatable bonds is 5. The molecule has 3 aromatic rings. The maximum absolute atomic E-state index is 12.3. The number of thiophene rings is 1. The van der Waals surface area contributed by atoms with Crippen LogP contribution in [0.1, 0.15) is 10.4 Å². The van der Waals surface area contributed by atoms with E-state index >= 15 is 0 Å². The first-order valence-corrected chi connectivity index (χ1v) is 8.40. The van der Waals surface area contributed by atoms with Gasteiger partial charge < -0.3 is 10.1 Å². The zero-order valence-corrected chi connectivity index (χ0v) is 14.4. The molecule has 0 radical (unpaired) electrons. The fourth-order valence-electron chi connectivity index (χ4n) is 2.28. The molecule has 0 bridgehead atoms. The first-order chi connectivity index (χ1) is 11.6. The zero-order valence-electron chi connectivity index (χ0n) is 12.8. The highest BCUT2D eigenvalue weighted by molar-refractivity contribution is 7.17. The fraction of sp³-hybridized carbons (Fsp3) is 0.188. The second-order valence-corrected chi connectivity index (χ2v) is 6.33. The van der Waals surface area contributed by atoms with Crippen molar-refractivity contribution in [3.63, 3.8) is 0 Å². The van der Waals surface area contributed by atoms with Crippen LogP contribution in [0.4, 0.5) is 0 Å². The van der Waals surface area contributed by atoms with Gasteiger partial charge in [-0.2, -0.15) is 0 Å². The number of nitrogens with one attached hydrogen (secondary N) is 1. The Labute approximate surface area is 146 Å². The molecular formula is C16H14ClN3O3S. The van der Waals surface area contributed by atoms with Gasteiger partial charge in [0.25, 0.3) is 11.5 Å². The van der Waals surface area contributed by atoms with Gasteiger partial charge in [0.15, 0.2) is 0 Å². The lowest BCUT2D eigenvalue weighted by molar-refractivity contribution is 0.0949. The number of hydrogen-bond acceptors (Lipinski definition) is 5. The van der Waals surface area contributed by atoms with Crippen molar-refractivity contribution in [3.05, 3.63) is 56.9 Å². The molecular weight excluding hydrogens is 350 g/mol. The number of benzene rings is 1. The SMILES string of the molecule is COc1cc(Cl)ccc1C(=O)NCCn1cnc2ccsc2c1=O. The van der Waals surface area contributed by atoms with Gasteiger partial charge in [0, 0.05) is 18.1 Å². The maximum atomic E-state index is 12.3. The minimum atomic E-state index is -0.290. The van der Waals surface area contributed by atoms with E-state index in [4.69, 9.17) is 16.3 Å². The minimum Gasteiger partial charge on any atom is -0.496 e. The van der Waals surface area contributed by atoms with Crippen LogP contribution >= 0.6 is 22.9 Å². The Bertz CT molecular complexity index is 951. The molecule has 0 saturated carbocycles. The molecule has 2 aromatic heterocycles. The number of nitrogens with zero attached hydrogens (tertiary/aromatic N) is 2. The van der Waals surface area contributed by atoms with Crippen molar-refractivity contribution in [2.75, 3.05) is 13.7 Å². The highest BCUT2D eigenvalue weighted by atomic mass is 35.5. The van der Waals surface area contributed by atoms with Crippen molar-refractivity contribution < 1.29 is 9.53 Å². The van der Waals surface area contributed by atoms with E-state index in [0.717, 1.165) is 0 Å². The van der Waals surface area contributed by atoms with E-state index in [-0.39, 0.29) is 11.5 Å². The number of fused-ring (bicyclic) bond motifs is 1. The van der Waals surface area contributed by atoms with Gasteiger partial charge in [-0.3, -0.25) is 14.2 Å². The second kappa shape index (κ2) is 7.02. The van der Waals surface area contributed by atoms with Gasteiger partial charge in [-0.25, -0.2) is 4.98 Å². The van der Waals surface area contributed by atoms with Crippen LogP contribution in [0.3, 0.4) is 0 Å². The Morgan fingerprint density at radius 2 is 2.25 bits per heavy atom. The summed E-state index contributed by atoms with van der Waals surface area (Å²) in [5.41, 5.74) is 0.977. The van der Waals surface area contributed by atoms with Gasteiger partial charge in [-0.05, 0) is 29.6 Å². The van der Waals surface area contributed by atoms with Crippen LogP contribution in [0.2, 0.25) is 5.02 Å². The summed E-state index contributed by atoms with van der Waals surface area (Å²) < 4.78 is 7.26. The van der Waals surface area contributed by atoms with Gasteiger partial charge in [0.1, 0.15) is 10.4 Å². The lowest BCUT2D eigenvalue weighted by atomic mass is 10.2. The highest BCUT2D eigenvalue weighted by Crippen LogP contribution is 2.22. The number of carbonyl (C=O) groups is 1. The predicted molar refractivity (Wildman–Crippen MR) is 94.2 cm³/mol. The third-order valence-electron chi connectivity index (χ3n) is 3.48. The maximum Gasteiger partial charge on any atom is 0.271 e. The summed E-state index contributed by atoms with van der Waals surface area (Å²) in [6.45, 7) is 0.629. The van der Waals surface area contributed by atoms with E-state index in [9.17, 15) is 9.59 Å². The van der Waals surface area contributed by atoms with E-state index < -0.39 is 0 Å². The molecule has 0 unspecified atom stereocenters. The van der Waals surface area contributed by atoms with Crippen molar-refractivity contribution in [2.24, 2.45) is 0 Å². The molecule has 0 fully saturated rings. The quantitative estimate of drug-likeness (QED) is 0.756. The van der Waals surface area contributed by atoms with Crippen LogP contribution in [-0.2, 0) is 6.54 Å². The van der Waals surface area contributed by atoms with E-state index in [2.05, 4.69) is 10.3 Å². The molecule has 1 amide bonds. The molecule has 0 aliphatic carbocycles. The average molecular weight is 364 g/mol. The minimum absolute atomic E-state index is 0.103. The Morgan fingerprint density at radius 3 is 3.04 bits per heavy atom. The third kappa shape index (κ3) is 3.27. The van der Waals surface area contributed by atoms with E-state index in [1.165, 1.54) is 29.3 Å². The van der Waals surface area contributed by atoms with Crippen LogP contribution in [0.5, 0.6) is 5.75 Å². The number of carbonyl (C=O) groups excluding carboxylic acids is 1. The Morgan fingerprint density at radius 1 is 1.42 bits per heavy atom. The summed E-state index contributed by atoms with van der Waals surface area (Å²) in [6.07, 6.45) is 1.49. The number of ether oxygens (including phenoxy) is 1. The number of aromatic nitrogens is 2. The van der Waals surface area contributed by atoms with Crippen molar-refractivity contribution in [2.45, 2.75) is 6.54 Å². The number of amides is 1. The molecule has 2 heterocycles. The topological polar surface area (TPSA) is 73.2 Å². The number of hydrogen-bond donors (Lipinski definition) is 1. The Balaban J connectivity index is 1.68. The van der Waals surface area contributed by atoms with E-state index in [1.807, 2.05) is 5.38 Å². The predicted octanol–water partition coefficient (Wildman–Crippen LogP) is 2.55. The largest absolute Gasteiger partial charge is 0.496 e. The summed E-state index contributed by atoms with van der Waals surface area (Å²) in [7, 11) is 1.48. The average Bonchev–Trinajstić information content (AvgIpc) is 3.06. The normalized spacial score (nSPS) is 10.8. The van der Waals surface area contributed by atoms with Crippen LogP contribution < -0.4 is 15.6 Å². The summed E-state index contributed by atoms with van der Waals surface area (Å²) in [6, 6.07) is 6.61. The van der Waals surface area contributed by atoms with Crippen LogP contribution in [0, 0.1) is 0 Å². The first kappa shape index (κ1) is 16.5. The monoisotopic (exact) mass is 363 g/mol. The smallest absolute Gasteiger partial charge is 0.271 e. The lowest BCUT2D eigenvalue weighted by Gasteiger charge is -2.10. The van der Waals surface area contributed by atoms with E-state index in [0.29, 0.717) is 39.6 Å². The molecule has 0 saturated heterocycles. The summed E-state index contributed by atoms with van der Waals surface area (Å²) in [4.78, 5) is 28.7. The number of halogens is 1. The van der Waals surface area contributed by atoms with Crippen LogP contribution in [0.15, 0.2) is 40.8 Å². The third-order valence-corrected chi connectivity index (χ3v) is 4.61. The Hall–Kier alpha value is -2.38. The molecule has 1 aromatic carbocycles. The Kier molecular flexibility index (Phi) is 4.82. The summed E-state index contributed by atoms with van der Waals surface area (Å²) >= 11 is 7.24.